The number of hydrogen-bond donors (Lipinski definition) is 0. The molecule has 0 unspecified atom stereocenters. The number of furan rings is 1. The van der Waals surface area contributed by atoms with E-state index < -0.39 is 6.10 Å². The maximum atomic E-state index is 12.2. The fourth-order valence-electron chi connectivity index (χ4n) is 2.04. The first-order valence-corrected chi connectivity index (χ1v) is 6.64. The minimum atomic E-state index is -0.422. The summed E-state index contributed by atoms with van der Waals surface area (Å²) >= 11 is 0. The summed E-state index contributed by atoms with van der Waals surface area (Å²) in [5.41, 5.74) is 0.539. The van der Waals surface area contributed by atoms with Crippen molar-refractivity contribution in [2.24, 2.45) is 5.92 Å². The Kier molecular flexibility index (Phi) is 4.77. The third-order valence-corrected chi connectivity index (χ3v) is 3.04. The zero-order chi connectivity index (χ0) is 14.4. The first-order chi connectivity index (χ1) is 9.72. The predicted octanol–water partition coefficient (Wildman–Crippen LogP) is 4.39. The van der Waals surface area contributed by atoms with Gasteiger partial charge in [-0.2, -0.15) is 0 Å². The lowest BCUT2D eigenvalue weighted by Gasteiger charge is -2.20. The summed E-state index contributed by atoms with van der Waals surface area (Å²) in [7, 11) is 0. The molecular weight excluding hydrogens is 252 g/mol. The second-order valence-corrected chi connectivity index (χ2v) is 4.59. The van der Waals surface area contributed by atoms with Crippen LogP contribution in [-0.2, 0) is 4.74 Å². The Morgan fingerprint density at radius 2 is 1.95 bits per heavy atom. The van der Waals surface area contributed by atoms with E-state index in [0.717, 1.165) is 0 Å². The van der Waals surface area contributed by atoms with E-state index in [0.29, 0.717) is 11.3 Å². The van der Waals surface area contributed by atoms with Gasteiger partial charge in [-0.3, -0.25) is 0 Å². The number of benzene rings is 1. The van der Waals surface area contributed by atoms with Crippen LogP contribution in [0.2, 0.25) is 0 Å². The Morgan fingerprint density at radius 1 is 1.20 bits per heavy atom. The van der Waals surface area contributed by atoms with Crippen LogP contribution in [-0.4, -0.2) is 5.97 Å². The van der Waals surface area contributed by atoms with Gasteiger partial charge in [0.25, 0.3) is 0 Å². The van der Waals surface area contributed by atoms with Crippen LogP contribution in [0, 0.1) is 5.92 Å². The lowest BCUT2D eigenvalue weighted by molar-refractivity contribution is 0.0145. The molecule has 2 atom stereocenters. The third-order valence-electron chi connectivity index (χ3n) is 3.04. The minimum absolute atomic E-state index is 0.0406. The second-order valence-electron chi connectivity index (χ2n) is 4.59. The molecule has 0 radical (unpaired) electrons. The molecule has 20 heavy (non-hydrogen) atoms. The summed E-state index contributed by atoms with van der Waals surface area (Å²) in [6.07, 6.45) is 5.10. The van der Waals surface area contributed by atoms with Gasteiger partial charge in [-0.05, 0) is 31.2 Å². The van der Waals surface area contributed by atoms with Crippen molar-refractivity contribution < 1.29 is 13.9 Å². The van der Waals surface area contributed by atoms with Gasteiger partial charge in [-0.15, -0.1) is 0 Å². The Morgan fingerprint density at radius 3 is 2.55 bits per heavy atom. The van der Waals surface area contributed by atoms with Crippen molar-refractivity contribution in [3.63, 3.8) is 0 Å². The molecule has 104 valence electrons. The number of ether oxygens (including phenoxy) is 1. The predicted molar refractivity (Wildman–Crippen MR) is 77.3 cm³/mol. The molecule has 0 fully saturated rings. The maximum Gasteiger partial charge on any atom is 0.338 e. The smallest absolute Gasteiger partial charge is 0.338 e. The van der Waals surface area contributed by atoms with E-state index >= 15 is 0 Å². The van der Waals surface area contributed by atoms with Crippen molar-refractivity contribution >= 4 is 5.97 Å². The number of hydrogen-bond acceptors (Lipinski definition) is 3. The second kappa shape index (κ2) is 6.75. The normalized spacial score (nSPS) is 14.1. The van der Waals surface area contributed by atoms with E-state index in [1.807, 2.05) is 50.3 Å². The molecule has 0 saturated carbocycles. The van der Waals surface area contributed by atoms with Gasteiger partial charge in [0.2, 0.25) is 0 Å². The van der Waals surface area contributed by atoms with Crippen molar-refractivity contribution in [1.29, 1.82) is 0 Å². The van der Waals surface area contributed by atoms with Gasteiger partial charge < -0.3 is 9.15 Å². The molecule has 0 aliphatic rings. The molecule has 0 saturated heterocycles. The van der Waals surface area contributed by atoms with Crippen molar-refractivity contribution in [3.05, 3.63) is 72.2 Å². The highest BCUT2D eigenvalue weighted by molar-refractivity contribution is 5.89. The molecule has 0 amide bonds. The van der Waals surface area contributed by atoms with Gasteiger partial charge in [0.15, 0.2) is 6.10 Å². The van der Waals surface area contributed by atoms with Gasteiger partial charge >= 0.3 is 5.97 Å². The zero-order valence-electron chi connectivity index (χ0n) is 11.7. The summed E-state index contributed by atoms with van der Waals surface area (Å²) in [4.78, 5) is 12.2. The molecule has 0 bridgehead atoms. The highest BCUT2D eigenvalue weighted by Gasteiger charge is 2.24. The molecule has 0 N–H and O–H groups in total. The molecule has 3 nitrogen and oxygen atoms in total. The molecule has 1 aromatic carbocycles. The Hall–Kier alpha value is -2.29. The fourth-order valence-corrected chi connectivity index (χ4v) is 2.04. The highest BCUT2D eigenvalue weighted by Crippen LogP contribution is 2.28. The van der Waals surface area contributed by atoms with Gasteiger partial charge in [0.1, 0.15) is 5.76 Å². The number of carbonyl (C=O) groups excluding carboxylic acids is 1. The van der Waals surface area contributed by atoms with Crippen molar-refractivity contribution in [3.8, 4) is 0 Å². The Balaban J connectivity index is 2.18. The molecule has 1 aromatic heterocycles. The largest absolute Gasteiger partial charge is 0.465 e. The maximum absolute atomic E-state index is 12.2. The lowest BCUT2D eigenvalue weighted by Crippen LogP contribution is -2.16. The zero-order valence-corrected chi connectivity index (χ0v) is 11.7. The average molecular weight is 270 g/mol. The highest BCUT2D eigenvalue weighted by atomic mass is 16.6. The number of rotatable bonds is 5. The van der Waals surface area contributed by atoms with E-state index in [1.165, 1.54) is 0 Å². The molecular formula is C17H18O3. The molecule has 3 heteroatoms. The summed E-state index contributed by atoms with van der Waals surface area (Å²) in [5, 5.41) is 0. The monoisotopic (exact) mass is 270 g/mol. The lowest BCUT2D eigenvalue weighted by atomic mass is 10.0. The van der Waals surface area contributed by atoms with Crippen molar-refractivity contribution in [1.82, 2.24) is 0 Å². The van der Waals surface area contributed by atoms with E-state index in [2.05, 4.69) is 0 Å². The van der Waals surface area contributed by atoms with E-state index in [1.54, 1.807) is 24.5 Å². The summed E-state index contributed by atoms with van der Waals surface area (Å²) in [5.74, 6) is 0.349. The minimum Gasteiger partial charge on any atom is -0.465 e. The van der Waals surface area contributed by atoms with Crippen molar-refractivity contribution in [2.45, 2.75) is 20.0 Å². The van der Waals surface area contributed by atoms with E-state index in [4.69, 9.17) is 9.15 Å². The van der Waals surface area contributed by atoms with Crippen LogP contribution in [0.5, 0.6) is 0 Å². The molecule has 2 rings (SSSR count). The quantitative estimate of drug-likeness (QED) is 0.597. The summed E-state index contributed by atoms with van der Waals surface area (Å²) in [6, 6.07) is 12.6. The van der Waals surface area contributed by atoms with Crippen LogP contribution in [0.25, 0.3) is 0 Å². The standard InChI is InChI=1S/C17H18O3/c1-3-8-13(2)16(15-11-7-12-19-15)20-17(18)14-9-5-4-6-10-14/h3-13,16H,1-2H3/b8-3+/t13-,16-/m1/s1. The molecule has 0 spiro atoms. The Bertz CT molecular complexity index is 555. The number of allylic oxidation sites excluding steroid dienone is 1. The van der Waals surface area contributed by atoms with Crippen LogP contribution >= 0.6 is 0 Å². The van der Waals surface area contributed by atoms with Gasteiger partial charge in [0.05, 0.1) is 11.8 Å². The average Bonchev–Trinajstić information content (AvgIpc) is 2.99. The first kappa shape index (κ1) is 14.1. The van der Waals surface area contributed by atoms with E-state index in [-0.39, 0.29) is 11.9 Å². The van der Waals surface area contributed by atoms with Crippen LogP contribution in [0.1, 0.15) is 36.1 Å². The SMILES string of the molecule is C/C=C/[C@@H](C)[C@@H](OC(=O)c1ccccc1)c1ccco1. The molecule has 1 heterocycles. The summed E-state index contributed by atoms with van der Waals surface area (Å²) in [6.45, 7) is 3.93. The van der Waals surface area contributed by atoms with Crippen molar-refractivity contribution in [2.75, 3.05) is 0 Å². The molecule has 0 aliphatic carbocycles. The molecule has 2 aromatic rings. The topological polar surface area (TPSA) is 39.4 Å². The van der Waals surface area contributed by atoms with Gasteiger partial charge in [-0.1, -0.05) is 37.3 Å². The Labute approximate surface area is 118 Å². The summed E-state index contributed by atoms with van der Waals surface area (Å²) < 4.78 is 11.0. The van der Waals surface area contributed by atoms with Crippen LogP contribution in [0.15, 0.2) is 65.3 Å². The number of esters is 1. The third kappa shape index (κ3) is 3.38. The molecule has 0 aliphatic heterocycles. The van der Waals surface area contributed by atoms with Crippen LogP contribution in [0.4, 0.5) is 0 Å². The number of carbonyl (C=O) groups is 1. The first-order valence-electron chi connectivity index (χ1n) is 6.64. The fraction of sp³-hybridized carbons (Fsp3) is 0.235. The van der Waals surface area contributed by atoms with Crippen LogP contribution in [0.3, 0.4) is 0 Å². The van der Waals surface area contributed by atoms with E-state index in [9.17, 15) is 4.79 Å². The van der Waals surface area contributed by atoms with Crippen LogP contribution < -0.4 is 0 Å². The van der Waals surface area contributed by atoms with Gasteiger partial charge in [0, 0.05) is 5.92 Å². The van der Waals surface area contributed by atoms with Gasteiger partial charge in [-0.25, -0.2) is 4.79 Å².